The minimum Gasteiger partial charge on any atom is -0.354 e. The van der Waals surface area contributed by atoms with Gasteiger partial charge < -0.3 is 19.7 Å². The molecule has 1 aromatic carbocycles. The third kappa shape index (κ3) is 4.18. The highest BCUT2D eigenvalue weighted by Crippen LogP contribution is 2.21. The molecule has 2 aromatic rings. The highest BCUT2D eigenvalue weighted by molar-refractivity contribution is 5.97. The Morgan fingerprint density at radius 1 is 1.10 bits per heavy atom. The van der Waals surface area contributed by atoms with Gasteiger partial charge in [0.25, 0.3) is 5.91 Å². The van der Waals surface area contributed by atoms with Crippen molar-refractivity contribution in [3.05, 3.63) is 59.9 Å². The van der Waals surface area contributed by atoms with E-state index in [0.29, 0.717) is 44.7 Å². The molecule has 1 atom stereocenters. The molecule has 0 saturated carbocycles. The van der Waals surface area contributed by atoms with Crippen molar-refractivity contribution in [1.29, 1.82) is 0 Å². The van der Waals surface area contributed by atoms with E-state index in [1.54, 1.807) is 11.0 Å². The zero-order chi connectivity index (χ0) is 20.2. The van der Waals surface area contributed by atoms with Crippen molar-refractivity contribution in [2.75, 3.05) is 19.6 Å². The summed E-state index contributed by atoms with van der Waals surface area (Å²) in [6.45, 7) is 2.80. The molecule has 1 N–H and O–H groups in total. The van der Waals surface area contributed by atoms with E-state index < -0.39 is 6.04 Å². The van der Waals surface area contributed by atoms with E-state index >= 15 is 0 Å². The van der Waals surface area contributed by atoms with Crippen molar-refractivity contribution in [1.82, 2.24) is 19.7 Å². The summed E-state index contributed by atoms with van der Waals surface area (Å²) in [4.78, 5) is 41.1. The van der Waals surface area contributed by atoms with Gasteiger partial charge in [0.1, 0.15) is 11.7 Å². The van der Waals surface area contributed by atoms with Crippen LogP contribution in [0.5, 0.6) is 0 Å². The van der Waals surface area contributed by atoms with E-state index in [1.807, 2.05) is 52.1 Å². The fraction of sp³-hybridized carbons (Fsp3) is 0.409. The van der Waals surface area contributed by atoms with Crippen LogP contribution in [0.3, 0.4) is 0 Å². The number of amides is 3. The summed E-state index contributed by atoms with van der Waals surface area (Å²) >= 11 is 0. The first kappa shape index (κ1) is 19.2. The Morgan fingerprint density at radius 2 is 1.93 bits per heavy atom. The van der Waals surface area contributed by atoms with Gasteiger partial charge in [-0.1, -0.05) is 30.3 Å². The lowest BCUT2D eigenvalue weighted by molar-refractivity contribution is -0.127. The predicted octanol–water partition coefficient (Wildman–Crippen LogP) is 1.64. The van der Waals surface area contributed by atoms with E-state index in [9.17, 15) is 14.4 Å². The zero-order valence-corrected chi connectivity index (χ0v) is 16.4. The third-order valence-corrected chi connectivity index (χ3v) is 5.63. The molecule has 0 bridgehead atoms. The van der Waals surface area contributed by atoms with Crippen molar-refractivity contribution in [2.24, 2.45) is 0 Å². The maximum absolute atomic E-state index is 13.0. The fourth-order valence-electron chi connectivity index (χ4n) is 4.07. The van der Waals surface area contributed by atoms with Crippen LogP contribution in [0.1, 0.15) is 35.3 Å². The van der Waals surface area contributed by atoms with Gasteiger partial charge in [0, 0.05) is 38.8 Å². The highest BCUT2D eigenvalue weighted by Gasteiger charge is 2.36. The van der Waals surface area contributed by atoms with Crippen molar-refractivity contribution in [3.63, 3.8) is 0 Å². The van der Waals surface area contributed by atoms with Crippen LogP contribution in [0.2, 0.25) is 0 Å². The van der Waals surface area contributed by atoms with Gasteiger partial charge in [0.05, 0.1) is 6.54 Å². The van der Waals surface area contributed by atoms with Crippen LogP contribution >= 0.6 is 0 Å². The summed E-state index contributed by atoms with van der Waals surface area (Å²) in [6, 6.07) is 12.8. The molecular weight excluding hydrogens is 368 g/mol. The molecule has 0 aliphatic carbocycles. The number of fused-ring (bicyclic) bond motifs is 1. The van der Waals surface area contributed by atoms with Crippen LogP contribution in [0, 0.1) is 0 Å². The minimum absolute atomic E-state index is 0.132. The topological polar surface area (TPSA) is 74.6 Å². The van der Waals surface area contributed by atoms with Crippen LogP contribution in [-0.2, 0) is 22.7 Å². The van der Waals surface area contributed by atoms with Crippen LogP contribution in [-0.4, -0.2) is 57.8 Å². The molecule has 1 saturated heterocycles. The van der Waals surface area contributed by atoms with Gasteiger partial charge in [-0.15, -0.1) is 0 Å². The van der Waals surface area contributed by atoms with E-state index in [2.05, 4.69) is 5.32 Å². The summed E-state index contributed by atoms with van der Waals surface area (Å²) in [5.41, 5.74) is 1.60. The molecule has 7 nitrogen and oxygen atoms in total. The van der Waals surface area contributed by atoms with E-state index in [1.165, 1.54) is 0 Å². The number of nitrogens with zero attached hydrogens (tertiary/aromatic N) is 3. The molecule has 0 spiro atoms. The summed E-state index contributed by atoms with van der Waals surface area (Å²) in [6.07, 6.45) is 4.10. The molecule has 3 heterocycles. The average molecular weight is 394 g/mol. The Bertz CT molecular complexity index is 892. The van der Waals surface area contributed by atoms with Crippen LogP contribution in [0.15, 0.2) is 48.7 Å². The highest BCUT2D eigenvalue weighted by atomic mass is 16.2. The molecule has 0 radical (unpaired) electrons. The number of benzene rings is 1. The number of hydrogen-bond donors (Lipinski definition) is 1. The number of likely N-dealkylation sites (tertiary alicyclic amines) is 1. The van der Waals surface area contributed by atoms with Crippen molar-refractivity contribution in [3.8, 4) is 0 Å². The van der Waals surface area contributed by atoms with Gasteiger partial charge in [0.2, 0.25) is 11.8 Å². The van der Waals surface area contributed by atoms with Gasteiger partial charge in [0.15, 0.2) is 0 Å². The zero-order valence-electron chi connectivity index (χ0n) is 16.4. The lowest BCUT2D eigenvalue weighted by atomic mass is 10.1. The SMILES string of the molecule is O=C(NCCCN1CCCC1=O)C1Cn2cccc2C(=O)N1Cc1ccccc1. The molecule has 152 valence electrons. The lowest BCUT2D eigenvalue weighted by Gasteiger charge is -2.35. The minimum atomic E-state index is -0.559. The molecule has 1 aromatic heterocycles. The Labute approximate surface area is 170 Å². The molecule has 4 rings (SSSR count). The Kier molecular flexibility index (Phi) is 5.64. The van der Waals surface area contributed by atoms with Crippen molar-refractivity contribution in [2.45, 2.75) is 38.4 Å². The van der Waals surface area contributed by atoms with Crippen LogP contribution < -0.4 is 5.32 Å². The van der Waals surface area contributed by atoms with E-state index in [4.69, 9.17) is 0 Å². The smallest absolute Gasteiger partial charge is 0.271 e. The first-order valence-electron chi connectivity index (χ1n) is 10.2. The first-order valence-corrected chi connectivity index (χ1v) is 10.2. The van der Waals surface area contributed by atoms with E-state index in [-0.39, 0.29) is 17.7 Å². The molecule has 29 heavy (non-hydrogen) atoms. The van der Waals surface area contributed by atoms with E-state index in [0.717, 1.165) is 18.5 Å². The lowest BCUT2D eigenvalue weighted by Crippen LogP contribution is -2.54. The number of nitrogens with one attached hydrogen (secondary N) is 1. The quantitative estimate of drug-likeness (QED) is 0.726. The molecule has 1 fully saturated rings. The number of hydrogen-bond acceptors (Lipinski definition) is 3. The van der Waals surface area contributed by atoms with Crippen LogP contribution in [0.4, 0.5) is 0 Å². The Morgan fingerprint density at radius 3 is 2.69 bits per heavy atom. The fourth-order valence-corrected chi connectivity index (χ4v) is 4.07. The molecule has 2 aliphatic heterocycles. The Balaban J connectivity index is 1.40. The molecule has 2 aliphatic rings. The molecule has 3 amide bonds. The van der Waals surface area contributed by atoms with Gasteiger partial charge in [-0.25, -0.2) is 0 Å². The average Bonchev–Trinajstić information content (AvgIpc) is 3.37. The number of aromatic nitrogens is 1. The maximum atomic E-state index is 13.0. The number of carbonyl (C=O) groups excluding carboxylic acids is 3. The van der Waals surface area contributed by atoms with Gasteiger partial charge in [-0.2, -0.15) is 0 Å². The molecule has 1 unspecified atom stereocenters. The maximum Gasteiger partial charge on any atom is 0.271 e. The number of rotatable bonds is 7. The first-order chi connectivity index (χ1) is 14.1. The second kappa shape index (κ2) is 8.51. The van der Waals surface area contributed by atoms with Gasteiger partial charge in [-0.3, -0.25) is 14.4 Å². The van der Waals surface area contributed by atoms with Gasteiger partial charge >= 0.3 is 0 Å². The second-order valence-electron chi connectivity index (χ2n) is 7.61. The largest absolute Gasteiger partial charge is 0.354 e. The molecule has 7 heteroatoms. The van der Waals surface area contributed by atoms with Crippen molar-refractivity contribution >= 4 is 17.7 Å². The normalized spacial score (nSPS) is 18.8. The predicted molar refractivity (Wildman–Crippen MR) is 108 cm³/mol. The monoisotopic (exact) mass is 394 g/mol. The standard InChI is InChI=1S/C22H26N4O3/c27-20-10-5-12-24(20)14-6-11-23-21(28)19-16-25-13-4-9-18(25)22(29)26(19)15-17-7-2-1-3-8-17/h1-4,7-9,13,19H,5-6,10-12,14-16H2,(H,23,28). The molecular formula is C22H26N4O3. The third-order valence-electron chi connectivity index (χ3n) is 5.63. The number of carbonyl (C=O) groups is 3. The summed E-state index contributed by atoms with van der Waals surface area (Å²) in [5, 5.41) is 2.97. The van der Waals surface area contributed by atoms with Crippen LogP contribution in [0.25, 0.3) is 0 Å². The van der Waals surface area contributed by atoms with Gasteiger partial charge in [-0.05, 0) is 30.5 Å². The second-order valence-corrected chi connectivity index (χ2v) is 7.61. The summed E-state index contributed by atoms with van der Waals surface area (Å²) in [7, 11) is 0. The summed E-state index contributed by atoms with van der Waals surface area (Å²) < 4.78 is 1.84. The Hall–Kier alpha value is -3.09. The summed E-state index contributed by atoms with van der Waals surface area (Å²) in [5.74, 6) is -0.0855. The van der Waals surface area contributed by atoms with Crippen molar-refractivity contribution < 1.29 is 14.4 Å².